The first-order valence-electron chi connectivity index (χ1n) is 9.55. The molecular weight excluding hydrogens is 290 g/mol. The van der Waals surface area contributed by atoms with Gasteiger partial charge in [0.1, 0.15) is 0 Å². The molecule has 1 radical (unpaired) electrons. The minimum atomic E-state index is 0.393. The van der Waals surface area contributed by atoms with Crippen LogP contribution in [0.3, 0.4) is 0 Å². The number of benzene rings is 2. The van der Waals surface area contributed by atoms with Gasteiger partial charge in [-0.15, -0.1) is 0 Å². The molecule has 0 aliphatic carbocycles. The molecule has 0 spiro atoms. The number of hydrogen-bond donors (Lipinski definition) is 0. The predicted molar refractivity (Wildman–Crippen MR) is 103 cm³/mol. The summed E-state index contributed by atoms with van der Waals surface area (Å²) in [5.74, 6) is 0.819. The lowest BCUT2D eigenvalue weighted by Crippen LogP contribution is -2.37. The largest absolute Gasteiger partial charge is 0.292 e. The topological polar surface area (TPSA) is 3.24 Å². The van der Waals surface area contributed by atoms with Gasteiger partial charge in [-0.2, -0.15) is 0 Å². The van der Waals surface area contributed by atoms with Crippen molar-refractivity contribution in [2.45, 2.75) is 45.1 Å². The molecule has 1 heterocycles. The fraction of sp³-hybridized carbons (Fsp3) is 0.435. The van der Waals surface area contributed by atoms with Gasteiger partial charge in [-0.1, -0.05) is 80.4 Å². The van der Waals surface area contributed by atoms with E-state index in [2.05, 4.69) is 78.9 Å². The Morgan fingerprint density at radius 3 is 1.96 bits per heavy atom. The molecule has 1 aliphatic rings. The average Bonchev–Trinajstić information content (AvgIpc) is 2.65. The summed E-state index contributed by atoms with van der Waals surface area (Å²) in [4.78, 5) is 2.68. The summed E-state index contributed by atoms with van der Waals surface area (Å²) in [6.07, 6.45) is 9.14. The maximum atomic E-state index is 2.68. The molecule has 24 heavy (non-hydrogen) atoms. The van der Waals surface area contributed by atoms with Crippen LogP contribution in [0.1, 0.15) is 56.2 Å². The van der Waals surface area contributed by atoms with Crippen molar-refractivity contribution in [2.75, 3.05) is 13.1 Å². The molecule has 127 valence electrons. The molecule has 1 nitrogen and oxygen atoms in total. The zero-order valence-corrected chi connectivity index (χ0v) is 14.9. The SMILES string of the molecule is CCCC[CH]C1CCN(C(c2ccccc2)c2ccccc2)CC1. The summed E-state index contributed by atoms with van der Waals surface area (Å²) >= 11 is 0. The van der Waals surface area contributed by atoms with Crippen molar-refractivity contribution in [1.82, 2.24) is 4.90 Å². The highest BCUT2D eigenvalue weighted by atomic mass is 15.2. The lowest BCUT2D eigenvalue weighted by Gasteiger charge is -2.38. The van der Waals surface area contributed by atoms with Crippen molar-refractivity contribution in [3.8, 4) is 0 Å². The van der Waals surface area contributed by atoms with Crippen LogP contribution in [0.15, 0.2) is 60.7 Å². The average molecular weight is 321 g/mol. The van der Waals surface area contributed by atoms with Gasteiger partial charge in [0.25, 0.3) is 0 Å². The standard InChI is InChI=1S/C23H30N/c1-2-3-6-11-20-16-18-24(19-17-20)23(21-12-7-4-8-13-21)22-14-9-5-10-15-22/h4-5,7-15,20,23H,2-3,6,16-19H2,1H3. The van der Waals surface area contributed by atoms with E-state index in [4.69, 9.17) is 0 Å². The predicted octanol–water partition coefficient (Wildman–Crippen LogP) is 5.88. The van der Waals surface area contributed by atoms with E-state index in [9.17, 15) is 0 Å². The zero-order chi connectivity index (χ0) is 16.6. The molecule has 2 aromatic rings. The fourth-order valence-corrected chi connectivity index (χ4v) is 3.86. The third-order valence-electron chi connectivity index (χ3n) is 5.23. The Kier molecular flexibility index (Phi) is 6.48. The van der Waals surface area contributed by atoms with Crippen LogP contribution in [0.25, 0.3) is 0 Å². The summed E-state index contributed by atoms with van der Waals surface area (Å²) in [6.45, 7) is 4.67. The normalized spacial score (nSPS) is 16.6. The van der Waals surface area contributed by atoms with E-state index in [1.54, 1.807) is 0 Å². The van der Waals surface area contributed by atoms with Crippen LogP contribution in [0.5, 0.6) is 0 Å². The second-order valence-electron chi connectivity index (χ2n) is 6.98. The minimum Gasteiger partial charge on any atom is -0.292 e. The van der Waals surface area contributed by atoms with Gasteiger partial charge in [0.2, 0.25) is 0 Å². The number of hydrogen-bond acceptors (Lipinski definition) is 1. The molecule has 0 saturated carbocycles. The van der Waals surface area contributed by atoms with Crippen LogP contribution in [-0.2, 0) is 0 Å². The van der Waals surface area contributed by atoms with Crippen LogP contribution < -0.4 is 0 Å². The molecule has 0 atom stereocenters. The summed E-state index contributed by atoms with van der Waals surface area (Å²) in [6, 6.07) is 22.4. The molecule has 1 fully saturated rings. The maximum Gasteiger partial charge on any atom is 0.0601 e. The van der Waals surface area contributed by atoms with Crippen molar-refractivity contribution in [1.29, 1.82) is 0 Å². The number of nitrogens with zero attached hydrogens (tertiary/aromatic N) is 1. The molecule has 3 rings (SSSR count). The van der Waals surface area contributed by atoms with E-state index >= 15 is 0 Å². The lowest BCUT2D eigenvalue weighted by molar-refractivity contribution is 0.160. The van der Waals surface area contributed by atoms with E-state index < -0.39 is 0 Å². The Morgan fingerprint density at radius 1 is 0.917 bits per heavy atom. The van der Waals surface area contributed by atoms with Gasteiger partial charge in [0.15, 0.2) is 0 Å². The van der Waals surface area contributed by atoms with Gasteiger partial charge < -0.3 is 0 Å². The molecule has 0 aromatic heterocycles. The highest BCUT2D eigenvalue weighted by molar-refractivity contribution is 5.31. The van der Waals surface area contributed by atoms with E-state index in [1.807, 2.05) is 0 Å². The van der Waals surface area contributed by atoms with Gasteiger partial charge in [-0.3, -0.25) is 4.90 Å². The van der Waals surface area contributed by atoms with Crippen molar-refractivity contribution < 1.29 is 0 Å². The monoisotopic (exact) mass is 320 g/mol. The second-order valence-corrected chi connectivity index (χ2v) is 6.98. The molecule has 0 bridgehead atoms. The summed E-state index contributed by atoms with van der Waals surface area (Å²) in [7, 11) is 0. The lowest BCUT2D eigenvalue weighted by atomic mass is 9.88. The first-order valence-corrected chi connectivity index (χ1v) is 9.55. The highest BCUT2D eigenvalue weighted by Gasteiger charge is 2.26. The van der Waals surface area contributed by atoms with Gasteiger partial charge in [0, 0.05) is 0 Å². The third-order valence-corrected chi connectivity index (χ3v) is 5.23. The van der Waals surface area contributed by atoms with E-state index in [-0.39, 0.29) is 0 Å². The molecular formula is C23H30N. The fourth-order valence-electron chi connectivity index (χ4n) is 3.86. The van der Waals surface area contributed by atoms with E-state index in [0.29, 0.717) is 6.04 Å². The molecule has 0 N–H and O–H groups in total. The molecule has 2 aromatic carbocycles. The second kappa shape index (κ2) is 9.03. The summed E-state index contributed by atoms with van der Waals surface area (Å²) in [5, 5.41) is 0. The van der Waals surface area contributed by atoms with Crippen molar-refractivity contribution >= 4 is 0 Å². The van der Waals surface area contributed by atoms with Crippen LogP contribution in [0.4, 0.5) is 0 Å². The Balaban J connectivity index is 1.69. The summed E-state index contributed by atoms with van der Waals surface area (Å²) in [5.41, 5.74) is 2.83. The Labute approximate surface area is 147 Å². The highest BCUT2D eigenvalue weighted by Crippen LogP contribution is 2.33. The first-order chi connectivity index (χ1) is 11.9. The van der Waals surface area contributed by atoms with Gasteiger partial charge in [-0.05, 0) is 55.8 Å². The summed E-state index contributed by atoms with van der Waals surface area (Å²) < 4.78 is 0. The van der Waals surface area contributed by atoms with Gasteiger partial charge in [0.05, 0.1) is 6.04 Å². The molecule has 1 saturated heterocycles. The van der Waals surface area contributed by atoms with Crippen molar-refractivity contribution in [2.24, 2.45) is 5.92 Å². The third kappa shape index (κ3) is 4.48. The van der Waals surface area contributed by atoms with Crippen LogP contribution >= 0.6 is 0 Å². The van der Waals surface area contributed by atoms with Crippen LogP contribution in [0, 0.1) is 12.3 Å². The number of likely N-dealkylation sites (tertiary alicyclic amines) is 1. The van der Waals surface area contributed by atoms with Gasteiger partial charge >= 0.3 is 0 Å². The van der Waals surface area contributed by atoms with Crippen molar-refractivity contribution in [3.05, 3.63) is 78.2 Å². The molecule has 0 unspecified atom stereocenters. The molecule has 1 aliphatic heterocycles. The number of unbranched alkanes of at least 4 members (excludes halogenated alkanes) is 2. The van der Waals surface area contributed by atoms with Crippen LogP contribution in [-0.4, -0.2) is 18.0 Å². The Hall–Kier alpha value is -1.60. The maximum absolute atomic E-state index is 2.68. The van der Waals surface area contributed by atoms with Crippen molar-refractivity contribution in [3.63, 3.8) is 0 Å². The quantitative estimate of drug-likeness (QED) is 0.576. The zero-order valence-electron chi connectivity index (χ0n) is 14.9. The van der Waals surface area contributed by atoms with E-state index in [0.717, 1.165) is 5.92 Å². The minimum absolute atomic E-state index is 0.393. The Bertz CT molecular complexity index is 530. The number of rotatable bonds is 7. The van der Waals surface area contributed by atoms with E-state index in [1.165, 1.54) is 56.3 Å². The molecule has 0 amide bonds. The smallest absolute Gasteiger partial charge is 0.0601 e. The first kappa shape index (κ1) is 17.2. The van der Waals surface area contributed by atoms with Gasteiger partial charge in [-0.25, -0.2) is 0 Å². The Morgan fingerprint density at radius 2 is 1.46 bits per heavy atom. The van der Waals surface area contributed by atoms with Crippen LogP contribution in [0.2, 0.25) is 0 Å². The number of piperidine rings is 1. The molecule has 1 heteroatoms.